The fraction of sp³-hybridized carbons (Fsp3) is 0.176. The zero-order chi connectivity index (χ0) is 19.3. The third-order valence-corrected chi connectivity index (χ3v) is 4.90. The number of aryl methyl sites for hydroxylation is 1. The van der Waals surface area contributed by atoms with Gasteiger partial charge in [-0.05, 0) is 77.6 Å². The number of hydrogen-bond donors (Lipinski definition) is 3. The minimum Gasteiger partial charge on any atom is -0.339 e. The van der Waals surface area contributed by atoms with Crippen molar-refractivity contribution >= 4 is 86.3 Å². The van der Waals surface area contributed by atoms with Crippen LogP contribution in [0.5, 0.6) is 0 Å². The quantitative estimate of drug-likeness (QED) is 0.220. The Hall–Kier alpha value is -0.800. The predicted molar refractivity (Wildman–Crippen MR) is 121 cm³/mol. The van der Waals surface area contributed by atoms with E-state index in [9.17, 15) is 4.79 Å². The molecule has 0 radical (unpaired) electrons. The van der Waals surface area contributed by atoms with Crippen molar-refractivity contribution < 1.29 is 4.79 Å². The summed E-state index contributed by atoms with van der Waals surface area (Å²) >= 11 is 25.5. The van der Waals surface area contributed by atoms with Crippen LogP contribution in [-0.2, 0) is 0 Å². The molecule has 1 unspecified atom stereocenters. The first-order chi connectivity index (χ1) is 12.2. The van der Waals surface area contributed by atoms with E-state index in [0.717, 1.165) is 14.8 Å². The topological polar surface area (TPSA) is 53.2 Å². The number of carbonyl (C=O) groups excluding carboxylic acids is 1. The molecule has 1 amide bonds. The molecule has 0 aromatic heterocycles. The Kier molecular flexibility index (Phi) is 7.78. The van der Waals surface area contributed by atoms with Crippen molar-refractivity contribution in [3.8, 4) is 0 Å². The first-order valence-corrected chi connectivity index (χ1v) is 10.0. The van der Waals surface area contributed by atoms with Crippen LogP contribution in [0.25, 0.3) is 0 Å². The SMILES string of the molecule is Cc1cc(I)ccc1NC(=S)NC(NC(=O)c1ccccc1)C(Cl)(Cl)Cl. The molecule has 26 heavy (non-hydrogen) atoms. The summed E-state index contributed by atoms with van der Waals surface area (Å²) in [7, 11) is 0. The van der Waals surface area contributed by atoms with E-state index in [0.29, 0.717) is 5.56 Å². The smallest absolute Gasteiger partial charge is 0.252 e. The van der Waals surface area contributed by atoms with Crippen LogP contribution in [0.1, 0.15) is 15.9 Å². The highest BCUT2D eigenvalue weighted by Crippen LogP contribution is 2.29. The van der Waals surface area contributed by atoms with Crippen molar-refractivity contribution in [3.63, 3.8) is 0 Å². The number of thiocarbonyl (C=S) groups is 1. The highest BCUT2D eigenvalue weighted by atomic mass is 127. The molecule has 0 aliphatic rings. The average molecular weight is 543 g/mol. The summed E-state index contributed by atoms with van der Waals surface area (Å²) in [4.78, 5) is 12.3. The second kappa shape index (κ2) is 9.41. The van der Waals surface area contributed by atoms with E-state index in [1.165, 1.54) is 0 Å². The molecule has 1 atom stereocenters. The molecule has 0 fully saturated rings. The van der Waals surface area contributed by atoms with Crippen LogP contribution in [0.2, 0.25) is 0 Å². The maximum atomic E-state index is 12.3. The summed E-state index contributed by atoms with van der Waals surface area (Å²) in [5.41, 5.74) is 2.28. The third kappa shape index (κ3) is 6.42. The van der Waals surface area contributed by atoms with Crippen LogP contribution < -0.4 is 16.0 Å². The number of carbonyl (C=O) groups is 1. The summed E-state index contributed by atoms with van der Waals surface area (Å²) in [6.45, 7) is 1.96. The number of nitrogens with one attached hydrogen (secondary N) is 3. The molecule has 0 aliphatic heterocycles. The van der Waals surface area contributed by atoms with Crippen LogP contribution in [-0.4, -0.2) is 21.0 Å². The third-order valence-electron chi connectivity index (χ3n) is 3.35. The number of halogens is 4. The Balaban J connectivity index is 2.07. The van der Waals surface area contributed by atoms with E-state index >= 15 is 0 Å². The fourth-order valence-corrected chi connectivity index (χ4v) is 3.26. The van der Waals surface area contributed by atoms with E-state index < -0.39 is 9.96 Å². The molecule has 0 heterocycles. The fourth-order valence-electron chi connectivity index (χ4n) is 2.06. The number of anilines is 1. The van der Waals surface area contributed by atoms with Gasteiger partial charge in [-0.25, -0.2) is 0 Å². The van der Waals surface area contributed by atoms with Gasteiger partial charge in [0.2, 0.25) is 3.79 Å². The Labute approximate surface area is 186 Å². The van der Waals surface area contributed by atoms with E-state index in [4.69, 9.17) is 47.0 Å². The highest BCUT2D eigenvalue weighted by Gasteiger charge is 2.34. The maximum Gasteiger partial charge on any atom is 0.252 e. The lowest BCUT2D eigenvalue weighted by Crippen LogP contribution is -2.56. The highest BCUT2D eigenvalue weighted by molar-refractivity contribution is 14.1. The molecule has 3 N–H and O–H groups in total. The first kappa shape index (κ1) is 21.5. The first-order valence-electron chi connectivity index (χ1n) is 7.43. The molecule has 2 rings (SSSR count). The second-order valence-corrected chi connectivity index (χ2v) is 9.39. The van der Waals surface area contributed by atoms with Crippen molar-refractivity contribution in [2.24, 2.45) is 0 Å². The van der Waals surface area contributed by atoms with Crippen molar-refractivity contribution in [1.82, 2.24) is 10.6 Å². The number of rotatable bonds is 4. The van der Waals surface area contributed by atoms with Gasteiger partial charge in [-0.15, -0.1) is 0 Å². The normalized spacial score (nSPS) is 12.2. The second-order valence-electron chi connectivity index (χ2n) is 5.37. The van der Waals surface area contributed by atoms with Crippen LogP contribution in [0.3, 0.4) is 0 Å². The van der Waals surface area contributed by atoms with Crippen LogP contribution in [0, 0.1) is 10.5 Å². The summed E-state index contributed by atoms with van der Waals surface area (Å²) < 4.78 is -0.698. The largest absolute Gasteiger partial charge is 0.339 e. The summed E-state index contributed by atoms with van der Waals surface area (Å²) in [6.07, 6.45) is -1.02. The van der Waals surface area contributed by atoms with Gasteiger partial charge in [0.15, 0.2) is 5.11 Å². The van der Waals surface area contributed by atoms with Crippen LogP contribution in [0.4, 0.5) is 5.69 Å². The number of hydrogen-bond acceptors (Lipinski definition) is 2. The molecule has 9 heteroatoms. The molecule has 0 aliphatic carbocycles. The Bertz CT molecular complexity index is 800. The molecule has 138 valence electrons. The lowest BCUT2D eigenvalue weighted by molar-refractivity contribution is 0.0934. The summed E-state index contributed by atoms with van der Waals surface area (Å²) in [5.74, 6) is -0.386. The van der Waals surface area contributed by atoms with Gasteiger partial charge in [0.25, 0.3) is 5.91 Å². The van der Waals surface area contributed by atoms with Gasteiger partial charge in [-0.2, -0.15) is 0 Å². The van der Waals surface area contributed by atoms with E-state index in [-0.39, 0.29) is 11.0 Å². The molecule has 0 saturated heterocycles. The van der Waals surface area contributed by atoms with Gasteiger partial charge in [-0.1, -0.05) is 53.0 Å². The number of amides is 1. The van der Waals surface area contributed by atoms with Crippen molar-refractivity contribution in [2.45, 2.75) is 16.9 Å². The van der Waals surface area contributed by atoms with Crippen LogP contribution in [0.15, 0.2) is 48.5 Å². The Morgan fingerprint density at radius 1 is 1.12 bits per heavy atom. The Morgan fingerprint density at radius 2 is 1.77 bits per heavy atom. The molecular weight excluding hydrogens is 528 g/mol. The summed E-state index contributed by atoms with van der Waals surface area (Å²) in [5, 5.41) is 8.74. The van der Waals surface area contributed by atoms with Gasteiger partial charge in [0.05, 0.1) is 0 Å². The average Bonchev–Trinajstić information content (AvgIpc) is 2.56. The zero-order valence-electron chi connectivity index (χ0n) is 13.5. The van der Waals surface area contributed by atoms with Gasteiger partial charge in [0.1, 0.15) is 6.17 Å². The lowest BCUT2D eigenvalue weighted by Gasteiger charge is -2.28. The van der Waals surface area contributed by atoms with E-state index in [1.54, 1.807) is 24.3 Å². The lowest BCUT2D eigenvalue weighted by atomic mass is 10.2. The molecule has 2 aromatic carbocycles. The van der Waals surface area contributed by atoms with Gasteiger partial charge < -0.3 is 16.0 Å². The van der Waals surface area contributed by atoms with Crippen LogP contribution >= 0.6 is 69.6 Å². The molecular formula is C17H15Cl3IN3OS. The monoisotopic (exact) mass is 541 g/mol. The summed E-state index contributed by atoms with van der Waals surface area (Å²) in [6, 6.07) is 14.5. The number of benzene rings is 2. The Morgan fingerprint density at radius 3 is 2.35 bits per heavy atom. The molecule has 2 aromatic rings. The van der Waals surface area contributed by atoms with Gasteiger partial charge in [0, 0.05) is 14.8 Å². The maximum absolute atomic E-state index is 12.3. The minimum atomic E-state index is -1.81. The van der Waals surface area contributed by atoms with Gasteiger partial charge in [-0.3, -0.25) is 4.79 Å². The molecule has 0 bridgehead atoms. The van der Waals surface area contributed by atoms with E-state index in [1.807, 2.05) is 31.2 Å². The standard InChI is InChI=1S/C17H15Cl3IN3OS/c1-10-9-12(21)7-8-13(10)22-16(26)24-15(17(18,19)20)23-14(25)11-5-3-2-4-6-11/h2-9,15H,1H3,(H,23,25)(H2,22,24,26). The molecule has 4 nitrogen and oxygen atoms in total. The van der Waals surface area contributed by atoms with E-state index in [2.05, 4.69) is 38.5 Å². The van der Waals surface area contributed by atoms with Crippen molar-refractivity contribution in [1.29, 1.82) is 0 Å². The van der Waals surface area contributed by atoms with Gasteiger partial charge >= 0.3 is 0 Å². The van der Waals surface area contributed by atoms with Crippen molar-refractivity contribution in [2.75, 3.05) is 5.32 Å². The number of alkyl halides is 3. The molecule has 0 saturated carbocycles. The minimum absolute atomic E-state index is 0.221. The van der Waals surface area contributed by atoms with Crippen molar-refractivity contribution in [3.05, 3.63) is 63.2 Å². The predicted octanol–water partition coefficient (Wildman–Crippen LogP) is 5.01. The zero-order valence-corrected chi connectivity index (χ0v) is 18.8. The molecule has 0 spiro atoms.